The van der Waals surface area contributed by atoms with E-state index in [-0.39, 0.29) is 0 Å². The van der Waals surface area contributed by atoms with Crippen LogP contribution in [0.2, 0.25) is 0 Å². The maximum absolute atomic E-state index is 10.5. The quantitative estimate of drug-likeness (QED) is 0.534. The minimum absolute atomic E-state index is 0.418. The van der Waals surface area contributed by atoms with Crippen LogP contribution in [-0.4, -0.2) is 40.1 Å². The molecule has 130 valence electrons. The van der Waals surface area contributed by atoms with Crippen LogP contribution < -0.4 is 21.9 Å². The molecule has 0 unspecified atom stereocenters. The highest BCUT2D eigenvalue weighted by molar-refractivity contribution is 5.91. The van der Waals surface area contributed by atoms with Crippen molar-refractivity contribution >= 4 is 28.4 Å². The summed E-state index contributed by atoms with van der Waals surface area (Å²) in [5.74, 6) is -0.450. The van der Waals surface area contributed by atoms with E-state index >= 15 is 0 Å². The van der Waals surface area contributed by atoms with E-state index in [0.717, 1.165) is 28.5 Å². The molecule has 0 aliphatic rings. The van der Waals surface area contributed by atoms with Crippen LogP contribution in [0.3, 0.4) is 0 Å². The fourth-order valence-corrected chi connectivity index (χ4v) is 2.00. The summed E-state index contributed by atoms with van der Waals surface area (Å²) in [6.45, 7) is 0. The summed E-state index contributed by atoms with van der Waals surface area (Å²) in [4.78, 5) is 41.3. The summed E-state index contributed by atoms with van der Waals surface area (Å²) in [5.41, 5.74) is 5.67. The Morgan fingerprint density at radius 2 is 1.84 bits per heavy atom. The first-order valence-corrected chi connectivity index (χ1v) is 7.17. The number of pyridine rings is 1. The van der Waals surface area contributed by atoms with Gasteiger partial charge in [-0.25, -0.2) is 14.6 Å². The number of nitrogens with one attached hydrogen (secondary N) is 2. The van der Waals surface area contributed by atoms with Crippen LogP contribution in [0.5, 0.6) is 0 Å². The van der Waals surface area contributed by atoms with E-state index in [1.165, 1.54) is 0 Å². The standard InChI is InChI=1S/C11H13N3.C5H4N2O4/c1-14(2)11-7-9(12)8-5-3-4-6-10(8)13-11;8-3-1-2(4(9)10)6-5(11)7-3/h3-7H,1-2H3,(H2,12,13);1H,(H,9,10)(H2,6,7,8,11). The fourth-order valence-electron chi connectivity index (χ4n) is 2.00. The number of nitrogen functional groups attached to an aromatic ring is 1. The second kappa shape index (κ2) is 7.30. The zero-order valence-corrected chi connectivity index (χ0v) is 13.6. The highest BCUT2D eigenvalue weighted by Gasteiger charge is 2.04. The van der Waals surface area contributed by atoms with Crippen LogP contribution in [0.15, 0.2) is 46.0 Å². The molecule has 9 nitrogen and oxygen atoms in total. The Bertz CT molecular complexity index is 994. The van der Waals surface area contributed by atoms with Gasteiger partial charge >= 0.3 is 11.7 Å². The molecule has 0 saturated carbocycles. The highest BCUT2D eigenvalue weighted by Crippen LogP contribution is 2.23. The van der Waals surface area contributed by atoms with Crippen molar-refractivity contribution in [2.75, 3.05) is 24.7 Å². The molecule has 2 heterocycles. The molecule has 0 aliphatic heterocycles. The minimum atomic E-state index is -1.34. The van der Waals surface area contributed by atoms with Crippen LogP contribution >= 0.6 is 0 Å². The second-order valence-electron chi connectivity index (χ2n) is 5.29. The monoisotopic (exact) mass is 343 g/mol. The Hall–Kier alpha value is -3.62. The molecule has 0 atom stereocenters. The van der Waals surface area contributed by atoms with Crippen molar-refractivity contribution in [2.24, 2.45) is 0 Å². The van der Waals surface area contributed by atoms with Crippen molar-refractivity contribution < 1.29 is 9.90 Å². The lowest BCUT2D eigenvalue weighted by Gasteiger charge is -2.13. The van der Waals surface area contributed by atoms with Gasteiger partial charge in [0.2, 0.25) is 0 Å². The summed E-state index contributed by atoms with van der Waals surface area (Å²) in [6.07, 6.45) is 0. The molecule has 9 heteroatoms. The third-order valence-electron chi connectivity index (χ3n) is 3.18. The normalized spacial score (nSPS) is 10.0. The molecule has 0 fully saturated rings. The van der Waals surface area contributed by atoms with Crippen molar-refractivity contribution in [2.45, 2.75) is 0 Å². The molecule has 0 radical (unpaired) electrons. The zero-order valence-electron chi connectivity index (χ0n) is 13.6. The van der Waals surface area contributed by atoms with E-state index < -0.39 is 22.9 Å². The number of benzene rings is 1. The minimum Gasteiger partial charge on any atom is -0.477 e. The summed E-state index contributed by atoms with van der Waals surface area (Å²) in [5, 5.41) is 9.32. The molecule has 3 aromatic rings. The Labute approximate surface area is 141 Å². The highest BCUT2D eigenvalue weighted by atomic mass is 16.4. The van der Waals surface area contributed by atoms with E-state index in [1.807, 2.05) is 59.3 Å². The third kappa shape index (κ3) is 4.44. The number of carboxylic acids is 1. The molecule has 1 aromatic carbocycles. The number of hydrogen-bond acceptors (Lipinski definition) is 6. The number of nitrogens with two attached hydrogens (primary N) is 1. The first kappa shape index (κ1) is 17.7. The van der Waals surface area contributed by atoms with Gasteiger partial charge in [0, 0.05) is 37.3 Å². The van der Waals surface area contributed by atoms with Gasteiger partial charge in [0.05, 0.1) is 5.52 Å². The third-order valence-corrected chi connectivity index (χ3v) is 3.18. The summed E-state index contributed by atoms with van der Waals surface area (Å²) >= 11 is 0. The zero-order chi connectivity index (χ0) is 18.6. The van der Waals surface area contributed by atoms with Crippen molar-refractivity contribution in [1.29, 1.82) is 0 Å². The van der Waals surface area contributed by atoms with Crippen LogP contribution in [0.1, 0.15) is 10.5 Å². The summed E-state index contributed by atoms with van der Waals surface area (Å²) in [6, 6.07) is 10.6. The second-order valence-corrected chi connectivity index (χ2v) is 5.29. The first-order valence-electron chi connectivity index (χ1n) is 7.17. The number of carbonyl (C=O) groups is 1. The van der Waals surface area contributed by atoms with Gasteiger partial charge in [-0.05, 0) is 6.07 Å². The van der Waals surface area contributed by atoms with Gasteiger partial charge < -0.3 is 20.7 Å². The molecule has 0 spiro atoms. The van der Waals surface area contributed by atoms with Crippen LogP contribution in [0.25, 0.3) is 10.9 Å². The number of aromatic carboxylic acids is 1. The number of anilines is 2. The Morgan fingerprint density at radius 1 is 1.16 bits per heavy atom. The number of aromatic nitrogens is 3. The van der Waals surface area contributed by atoms with Crippen molar-refractivity contribution in [1.82, 2.24) is 15.0 Å². The van der Waals surface area contributed by atoms with Gasteiger partial charge in [-0.15, -0.1) is 0 Å². The van der Waals surface area contributed by atoms with Gasteiger partial charge in [0.15, 0.2) is 0 Å². The number of para-hydroxylation sites is 1. The predicted molar refractivity (Wildman–Crippen MR) is 95.1 cm³/mol. The molecule has 0 bridgehead atoms. The number of aromatic amines is 2. The fraction of sp³-hybridized carbons (Fsp3) is 0.125. The van der Waals surface area contributed by atoms with Crippen molar-refractivity contribution in [3.8, 4) is 0 Å². The van der Waals surface area contributed by atoms with E-state index in [0.29, 0.717) is 0 Å². The topological polar surface area (TPSA) is 145 Å². The van der Waals surface area contributed by atoms with Crippen LogP contribution in [0, 0.1) is 0 Å². The molecule has 3 rings (SSSR count). The maximum Gasteiger partial charge on any atom is 0.352 e. The largest absolute Gasteiger partial charge is 0.477 e. The smallest absolute Gasteiger partial charge is 0.352 e. The van der Waals surface area contributed by atoms with Crippen molar-refractivity contribution in [3.63, 3.8) is 0 Å². The van der Waals surface area contributed by atoms with Crippen LogP contribution in [-0.2, 0) is 0 Å². The molecule has 25 heavy (non-hydrogen) atoms. The van der Waals surface area contributed by atoms with E-state index in [4.69, 9.17) is 10.8 Å². The average Bonchev–Trinajstić information content (AvgIpc) is 2.54. The number of H-pyrrole nitrogens is 2. The number of nitrogens with zero attached hydrogens (tertiary/aromatic N) is 2. The predicted octanol–water partition coefficient (Wildman–Crippen LogP) is 0.644. The number of fused-ring (bicyclic) bond motifs is 1. The summed E-state index contributed by atoms with van der Waals surface area (Å²) < 4.78 is 0. The average molecular weight is 343 g/mol. The van der Waals surface area contributed by atoms with Gasteiger partial charge in [0.25, 0.3) is 5.56 Å². The van der Waals surface area contributed by atoms with Gasteiger partial charge in [-0.2, -0.15) is 0 Å². The summed E-state index contributed by atoms with van der Waals surface area (Å²) in [7, 11) is 3.91. The van der Waals surface area contributed by atoms with Gasteiger partial charge in [-0.1, -0.05) is 18.2 Å². The maximum atomic E-state index is 10.5. The van der Waals surface area contributed by atoms with E-state index in [9.17, 15) is 14.4 Å². The molecule has 0 aliphatic carbocycles. The van der Waals surface area contributed by atoms with E-state index in [1.54, 1.807) is 0 Å². The van der Waals surface area contributed by atoms with Gasteiger partial charge in [0.1, 0.15) is 11.5 Å². The molecular formula is C16H17N5O4. The number of rotatable bonds is 2. The van der Waals surface area contributed by atoms with Gasteiger partial charge in [-0.3, -0.25) is 9.78 Å². The lowest BCUT2D eigenvalue weighted by atomic mass is 10.2. The SMILES string of the molecule is CN(C)c1cc(N)c2ccccc2n1.O=C(O)c1cc(=O)[nH]c(=O)[nH]1. The molecule has 0 amide bonds. The van der Waals surface area contributed by atoms with Crippen LogP contribution in [0.4, 0.5) is 11.5 Å². The Kier molecular flexibility index (Phi) is 5.18. The Morgan fingerprint density at radius 3 is 2.44 bits per heavy atom. The molecular weight excluding hydrogens is 326 g/mol. The first-order chi connectivity index (χ1) is 11.8. The Balaban J connectivity index is 0.000000186. The lowest BCUT2D eigenvalue weighted by molar-refractivity contribution is 0.0689. The van der Waals surface area contributed by atoms with E-state index in [2.05, 4.69) is 4.98 Å². The molecule has 0 saturated heterocycles. The number of hydrogen-bond donors (Lipinski definition) is 4. The number of carboxylic acid groups (broad SMARTS) is 1. The van der Waals surface area contributed by atoms with Crippen molar-refractivity contribution in [3.05, 3.63) is 62.9 Å². The molecule has 5 N–H and O–H groups in total. The lowest BCUT2D eigenvalue weighted by Crippen LogP contribution is -2.24. The molecule has 2 aromatic heterocycles.